The largest absolute Gasteiger partial charge is 0.323 e. The zero-order valence-corrected chi connectivity index (χ0v) is 17.5. The zero-order valence-electron chi connectivity index (χ0n) is 17.5. The molecule has 152 valence electrons. The molecule has 1 unspecified atom stereocenters. The van der Waals surface area contributed by atoms with Crippen LogP contribution in [0.3, 0.4) is 0 Å². The van der Waals surface area contributed by atoms with E-state index in [4.69, 9.17) is 0 Å². The number of hydrogen-bond donors (Lipinski definition) is 2. The number of nitrogens with one attached hydrogen (secondary N) is 2. The highest BCUT2D eigenvalue weighted by Crippen LogP contribution is 2.30. The van der Waals surface area contributed by atoms with Crippen molar-refractivity contribution in [3.05, 3.63) is 66.0 Å². The number of carbonyl (C=O) groups excluding carboxylic acids is 1. The second-order valence-corrected chi connectivity index (χ2v) is 9.14. The Balaban J connectivity index is 1.34. The number of benzene rings is 1. The Kier molecular flexibility index (Phi) is 5.41. The van der Waals surface area contributed by atoms with Crippen LogP contribution in [0.5, 0.6) is 0 Å². The van der Waals surface area contributed by atoms with Gasteiger partial charge in [0, 0.05) is 43.1 Å². The van der Waals surface area contributed by atoms with Gasteiger partial charge in [0.15, 0.2) is 0 Å². The van der Waals surface area contributed by atoms with E-state index >= 15 is 0 Å². The minimum absolute atomic E-state index is 0.0354. The van der Waals surface area contributed by atoms with Gasteiger partial charge in [0.1, 0.15) is 0 Å². The summed E-state index contributed by atoms with van der Waals surface area (Å²) in [7, 11) is 0. The minimum atomic E-state index is -0.0354. The number of anilines is 1. The summed E-state index contributed by atoms with van der Waals surface area (Å²) in [6.07, 6.45) is 7.05. The van der Waals surface area contributed by atoms with Crippen LogP contribution in [0, 0.1) is 5.41 Å². The first-order valence-corrected chi connectivity index (χ1v) is 10.4. The van der Waals surface area contributed by atoms with Gasteiger partial charge in [-0.2, -0.15) is 0 Å². The van der Waals surface area contributed by atoms with Gasteiger partial charge in [0.05, 0.1) is 0 Å². The van der Waals surface area contributed by atoms with Gasteiger partial charge in [0.25, 0.3) is 0 Å². The van der Waals surface area contributed by atoms with Crippen molar-refractivity contribution in [1.29, 1.82) is 0 Å². The third-order valence-electron chi connectivity index (χ3n) is 5.89. The van der Waals surface area contributed by atoms with Gasteiger partial charge in [-0.25, -0.2) is 4.79 Å². The fraction of sp³-hybridized carbons (Fsp3) is 0.417. The van der Waals surface area contributed by atoms with E-state index in [9.17, 15) is 4.79 Å². The average Bonchev–Trinajstić information content (AvgIpc) is 2.68. The summed E-state index contributed by atoms with van der Waals surface area (Å²) >= 11 is 0. The van der Waals surface area contributed by atoms with Crippen LogP contribution in [0.15, 0.2) is 54.9 Å². The van der Waals surface area contributed by atoms with Gasteiger partial charge in [-0.05, 0) is 53.3 Å². The van der Waals surface area contributed by atoms with Gasteiger partial charge >= 0.3 is 6.03 Å². The molecular formula is C24H30N4O. The van der Waals surface area contributed by atoms with Crippen LogP contribution in [0.2, 0.25) is 0 Å². The molecule has 5 heteroatoms. The molecule has 29 heavy (non-hydrogen) atoms. The van der Waals surface area contributed by atoms with Crippen LogP contribution >= 0.6 is 0 Å². The zero-order chi connectivity index (χ0) is 20.4. The summed E-state index contributed by atoms with van der Waals surface area (Å²) in [6.45, 7) is 9.26. The molecule has 3 heterocycles. The molecule has 1 fully saturated rings. The SMILES string of the molecule is CC(C)(C)C1C=C(c2ccc(NC(=O)N3CC(c4cccnc4)C3)cc2)CCN1. The second-order valence-electron chi connectivity index (χ2n) is 9.14. The van der Waals surface area contributed by atoms with E-state index in [0.717, 1.165) is 31.7 Å². The summed E-state index contributed by atoms with van der Waals surface area (Å²) in [6, 6.07) is 12.6. The molecule has 0 aliphatic carbocycles. The predicted molar refractivity (Wildman–Crippen MR) is 118 cm³/mol. The number of urea groups is 1. The number of carbonyl (C=O) groups is 1. The Morgan fingerprint density at radius 2 is 1.93 bits per heavy atom. The van der Waals surface area contributed by atoms with Gasteiger partial charge in [-0.1, -0.05) is 45.0 Å². The quantitative estimate of drug-likeness (QED) is 0.811. The molecule has 0 spiro atoms. The second kappa shape index (κ2) is 7.99. The van der Waals surface area contributed by atoms with Crippen molar-refractivity contribution in [2.45, 2.75) is 39.2 Å². The number of rotatable bonds is 3. The summed E-state index contributed by atoms with van der Waals surface area (Å²) in [5.74, 6) is 0.388. The molecule has 2 aliphatic heterocycles. The molecule has 0 bridgehead atoms. The van der Waals surface area contributed by atoms with E-state index in [0.29, 0.717) is 12.0 Å². The Morgan fingerprint density at radius 3 is 2.59 bits per heavy atom. The molecule has 2 aromatic rings. The Hall–Kier alpha value is -2.66. The van der Waals surface area contributed by atoms with Crippen molar-refractivity contribution in [2.24, 2.45) is 5.41 Å². The standard InChI is InChI=1S/C24H30N4O/c1-24(2,3)22-13-18(10-12-26-22)17-6-8-21(9-7-17)27-23(29)28-15-20(16-28)19-5-4-11-25-14-19/h4-9,11,13-14,20,22,26H,10,12,15-16H2,1-3H3,(H,27,29). The highest BCUT2D eigenvalue weighted by atomic mass is 16.2. The molecule has 5 nitrogen and oxygen atoms in total. The highest BCUT2D eigenvalue weighted by Gasteiger charge is 2.32. The molecule has 2 N–H and O–H groups in total. The van der Waals surface area contributed by atoms with Crippen molar-refractivity contribution in [2.75, 3.05) is 25.0 Å². The lowest BCUT2D eigenvalue weighted by molar-refractivity contribution is 0.164. The van der Waals surface area contributed by atoms with Crippen LogP contribution < -0.4 is 10.6 Å². The van der Waals surface area contributed by atoms with Crippen molar-refractivity contribution < 1.29 is 4.79 Å². The normalized spacial score (nSPS) is 20.0. The van der Waals surface area contributed by atoms with Crippen LogP contribution in [0.25, 0.3) is 5.57 Å². The summed E-state index contributed by atoms with van der Waals surface area (Å²) in [5.41, 5.74) is 4.85. The first-order valence-electron chi connectivity index (χ1n) is 10.4. The topological polar surface area (TPSA) is 57.3 Å². The van der Waals surface area contributed by atoms with Gasteiger partial charge in [0.2, 0.25) is 0 Å². The molecule has 0 saturated carbocycles. The van der Waals surface area contributed by atoms with Crippen LogP contribution in [-0.2, 0) is 0 Å². The van der Waals surface area contributed by atoms with Crippen LogP contribution in [0.1, 0.15) is 44.2 Å². The minimum Gasteiger partial charge on any atom is -0.323 e. The van der Waals surface area contributed by atoms with Crippen LogP contribution in [-0.4, -0.2) is 41.6 Å². The number of amides is 2. The number of pyridine rings is 1. The van der Waals surface area contributed by atoms with E-state index in [1.807, 2.05) is 29.3 Å². The summed E-state index contributed by atoms with van der Waals surface area (Å²) < 4.78 is 0. The van der Waals surface area contributed by atoms with Crippen molar-refractivity contribution in [3.63, 3.8) is 0 Å². The molecule has 1 aromatic carbocycles. The summed E-state index contributed by atoms with van der Waals surface area (Å²) in [5, 5.41) is 6.61. The van der Waals surface area contributed by atoms with E-state index in [1.54, 1.807) is 6.20 Å². The first-order chi connectivity index (χ1) is 13.9. The third kappa shape index (κ3) is 4.51. The number of likely N-dealkylation sites (tertiary alicyclic amines) is 1. The average molecular weight is 391 g/mol. The third-order valence-corrected chi connectivity index (χ3v) is 5.89. The Bertz CT molecular complexity index is 877. The fourth-order valence-corrected chi connectivity index (χ4v) is 3.95. The number of aromatic nitrogens is 1. The molecule has 2 aliphatic rings. The van der Waals surface area contributed by atoms with Crippen molar-refractivity contribution >= 4 is 17.3 Å². The lowest BCUT2D eigenvalue weighted by atomic mass is 9.82. The van der Waals surface area contributed by atoms with Crippen molar-refractivity contribution in [3.8, 4) is 0 Å². The van der Waals surface area contributed by atoms with E-state index in [2.05, 4.69) is 60.7 Å². The predicted octanol–water partition coefficient (Wildman–Crippen LogP) is 4.50. The lowest BCUT2D eigenvalue weighted by Crippen LogP contribution is -2.50. The van der Waals surface area contributed by atoms with Gasteiger partial charge < -0.3 is 15.5 Å². The highest BCUT2D eigenvalue weighted by molar-refractivity contribution is 5.90. The maximum atomic E-state index is 12.5. The number of hydrogen-bond acceptors (Lipinski definition) is 3. The monoisotopic (exact) mass is 390 g/mol. The first kappa shape index (κ1) is 19.6. The maximum absolute atomic E-state index is 12.5. The molecule has 1 aromatic heterocycles. The molecular weight excluding hydrogens is 360 g/mol. The molecule has 2 amide bonds. The van der Waals surface area contributed by atoms with Gasteiger partial charge in [-0.15, -0.1) is 0 Å². The fourth-order valence-electron chi connectivity index (χ4n) is 3.95. The van der Waals surface area contributed by atoms with Crippen molar-refractivity contribution in [1.82, 2.24) is 15.2 Å². The van der Waals surface area contributed by atoms with Crippen LogP contribution in [0.4, 0.5) is 10.5 Å². The number of nitrogens with zero attached hydrogens (tertiary/aromatic N) is 2. The Morgan fingerprint density at radius 1 is 1.17 bits per heavy atom. The van der Waals surface area contributed by atoms with Gasteiger partial charge in [-0.3, -0.25) is 4.98 Å². The van der Waals surface area contributed by atoms with E-state index in [-0.39, 0.29) is 11.4 Å². The summed E-state index contributed by atoms with van der Waals surface area (Å²) in [4.78, 5) is 18.5. The molecule has 1 saturated heterocycles. The molecule has 0 radical (unpaired) electrons. The van der Waals surface area contributed by atoms with E-state index in [1.165, 1.54) is 16.7 Å². The Labute approximate surface area is 173 Å². The maximum Gasteiger partial charge on any atom is 0.321 e. The van der Waals surface area contributed by atoms with E-state index < -0.39 is 0 Å². The smallest absolute Gasteiger partial charge is 0.321 e. The lowest BCUT2D eigenvalue weighted by Gasteiger charge is -2.39. The molecule has 4 rings (SSSR count). The molecule has 1 atom stereocenters.